The Morgan fingerprint density at radius 3 is 1.95 bits per heavy atom. The van der Waals surface area contributed by atoms with Crippen molar-refractivity contribution in [2.45, 2.75) is 6.42 Å². The van der Waals surface area contributed by atoms with Crippen molar-refractivity contribution in [2.24, 2.45) is 5.92 Å². The molecular weight excluding hydrogens is 554 g/mol. The van der Waals surface area contributed by atoms with Crippen LogP contribution in [-0.4, -0.2) is 61.3 Å². The molecule has 2 saturated heterocycles. The van der Waals surface area contributed by atoms with E-state index in [0.29, 0.717) is 42.1 Å². The third-order valence-electron chi connectivity index (χ3n) is 8.07. The number of carbonyl (C=O) groups excluding carboxylic acids is 4. The van der Waals surface area contributed by atoms with Gasteiger partial charge in [0.25, 0.3) is 11.8 Å². The van der Waals surface area contributed by atoms with Crippen LogP contribution in [-0.2, 0) is 9.59 Å². The summed E-state index contributed by atoms with van der Waals surface area (Å²) in [5.74, 6) is -1.29. The van der Waals surface area contributed by atoms with Crippen LogP contribution in [0.5, 0.6) is 0 Å². The molecule has 2 aliphatic rings. The van der Waals surface area contributed by atoms with Crippen LogP contribution >= 0.6 is 0 Å². The van der Waals surface area contributed by atoms with Crippen LogP contribution in [0.2, 0.25) is 0 Å². The zero-order valence-electron chi connectivity index (χ0n) is 24.2. The Kier molecular flexibility index (Phi) is 8.36. The number of para-hydroxylation sites is 3. The summed E-state index contributed by atoms with van der Waals surface area (Å²) in [6, 6.07) is 33.0. The van der Waals surface area contributed by atoms with Crippen LogP contribution in [0.4, 0.5) is 22.7 Å². The summed E-state index contributed by atoms with van der Waals surface area (Å²) < 4.78 is 0. The van der Waals surface area contributed by atoms with Gasteiger partial charge >= 0.3 is 0 Å². The van der Waals surface area contributed by atoms with E-state index in [0.717, 1.165) is 24.5 Å². The van der Waals surface area contributed by atoms with Gasteiger partial charge in [0.2, 0.25) is 11.8 Å². The molecule has 0 bridgehead atoms. The zero-order chi connectivity index (χ0) is 30.5. The third-order valence-corrected chi connectivity index (χ3v) is 8.07. The number of benzene rings is 4. The van der Waals surface area contributed by atoms with Crippen LogP contribution in [0.25, 0.3) is 0 Å². The van der Waals surface area contributed by atoms with Crippen molar-refractivity contribution in [1.82, 2.24) is 4.90 Å². The van der Waals surface area contributed by atoms with E-state index in [9.17, 15) is 19.2 Å². The van der Waals surface area contributed by atoms with E-state index in [1.165, 1.54) is 0 Å². The smallest absolute Gasteiger partial charge is 0.256 e. The topological polar surface area (TPSA) is 102 Å². The number of nitrogens with one attached hydrogen (secondary N) is 2. The number of anilines is 4. The minimum atomic E-state index is -0.471. The van der Waals surface area contributed by atoms with Crippen molar-refractivity contribution in [1.29, 1.82) is 0 Å². The first-order chi connectivity index (χ1) is 21.5. The number of hydrogen-bond acceptors (Lipinski definition) is 5. The maximum absolute atomic E-state index is 13.5. The van der Waals surface area contributed by atoms with Gasteiger partial charge in [0.05, 0.1) is 17.2 Å². The van der Waals surface area contributed by atoms with Crippen molar-refractivity contribution in [3.8, 4) is 0 Å². The molecule has 2 fully saturated rings. The summed E-state index contributed by atoms with van der Waals surface area (Å²) in [5, 5.41) is 5.75. The molecule has 2 aliphatic heterocycles. The predicted molar refractivity (Wildman–Crippen MR) is 171 cm³/mol. The summed E-state index contributed by atoms with van der Waals surface area (Å²) in [4.78, 5) is 57.7. The van der Waals surface area contributed by atoms with Gasteiger partial charge in [-0.2, -0.15) is 0 Å². The lowest BCUT2D eigenvalue weighted by Crippen LogP contribution is -2.48. The van der Waals surface area contributed by atoms with Crippen LogP contribution in [0, 0.1) is 5.92 Å². The van der Waals surface area contributed by atoms with E-state index in [4.69, 9.17) is 0 Å². The van der Waals surface area contributed by atoms with Gasteiger partial charge in [-0.25, -0.2) is 0 Å². The molecule has 0 radical (unpaired) electrons. The van der Waals surface area contributed by atoms with Gasteiger partial charge in [-0.3, -0.25) is 19.2 Å². The van der Waals surface area contributed by atoms with Crippen molar-refractivity contribution >= 4 is 46.4 Å². The molecule has 4 amide bonds. The average molecular weight is 588 g/mol. The zero-order valence-corrected chi connectivity index (χ0v) is 24.2. The molecule has 9 heteroatoms. The quantitative estimate of drug-likeness (QED) is 0.321. The maximum Gasteiger partial charge on any atom is 0.256 e. The Hall–Kier alpha value is -5.44. The van der Waals surface area contributed by atoms with E-state index in [1.54, 1.807) is 53.4 Å². The molecule has 44 heavy (non-hydrogen) atoms. The first kappa shape index (κ1) is 28.7. The second kappa shape index (κ2) is 12.8. The molecule has 4 aromatic rings. The molecule has 1 atom stereocenters. The van der Waals surface area contributed by atoms with Gasteiger partial charge in [-0.15, -0.1) is 0 Å². The number of piperazine rings is 1. The van der Waals surface area contributed by atoms with E-state index in [1.807, 2.05) is 53.4 Å². The van der Waals surface area contributed by atoms with E-state index in [-0.39, 0.29) is 30.0 Å². The van der Waals surface area contributed by atoms with Crippen LogP contribution < -0.4 is 20.4 Å². The fourth-order valence-electron chi connectivity index (χ4n) is 5.64. The Morgan fingerprint density at radius 2 is 1.27 bits per heavy atom. The average Bonchev–Trinajstić information content (AvgIpc) is 3.47. The Bertz CT molecular complexity index is 1650. The SMILES string of the molecule is O=C(Nc1ccccc1C(=O)N1CCN(c2ccccc2)CC1)c1ccc(NC(=O)C2CC(=O)N(c3ccccc3)C2)cc1. The summed E-state index contributed by atoms with van der Waals surface area (Å²) in [6.07, 6.45) is 0.141. The normalized spacial score (nSPS) is 16.5. The van der Waals surface area contributed by atoms with Gasteiger partial charge in [-0.1, -0.05) is 48.5 Å². The standard InChI is InChI=1S/C35H33N5O4/c41-32-23-26(24-40(32)29-11-5-2-6-12-29)34(43)36-27-17-15-25(16-18-27)33(42)37-31-14-8-7-13-30(31)35(44)39-21-19-38(20-22-39)28-9-3-1-4-10-28/h1-18,26H,19-24H2,(H,36,43)(H,37,42). The van der Waals surface area contributed by atoms with Crippen LogP contribution in [0.15, 0.2) is 109 Å². The highest BCUT2D eigenvalue weighted by Gasteiger charge is 2.35. The second-order valence-electron chi connectivity index (χ2n) is 10.9. The number of hydrogen-bond donors (Lipinski definition) is 2. The van der Waals surface area contributed by atoms with Crippen molar-refractivity contribution in [2.75, 3.05) is 53.2 Å². The number of rotatable bonds is 7. The molecule has 1 unspecified atom stereocenters. The molecule has 9 nitrogen and oxygen atoms in total. The summed E-state index contributed by atoms with van der Waals surface area (Å²) in [6.45, 7) is 2.95. The lowest BCUT2D eigenvalue weighted by atomic mass is 10.1. The molecule has 4 aromatic carbocycles. The summed E-state index contributed by atoms with van der Waals surface area (Å²) in [7, 11) is 0. The number of amides is 4. The Balaban J connectivity index is 1.05. The van der Waals surface area contributed by atoms with Gasteiger partial charge in [0.1, 0.15) is 0 Å². The van der Waals surface area contributed by atoms with Gasteiger partial charge in [0, 0.05) is 61.8 Å². The van der Waals surface area contributed by atoms with E-state index in [2.05, 4.69) is 27.7 Å². The monoisotopic (exact) mass is 587 g/mol. The molecule has 0 spiro atoms. The van der Waals surface area contributed by atoms with Crippen LogP contribution in [0.1, 0.15) is 27.1 Å². The van der Waals surface area contributed by atoms with E-state index >= 15 is 0 Å². The van der Waals surface area contributed by atoms with Crippen molar-refractivity contribution < 1.29 is 19.2 Å². The highest BCUT2D eigenvalue weighted by Crippen LogP contribution is 2.26. The maximum atomic E-state index is 13.5. The second-order valence-corrected chi connectivity index (χ2v) is 10.9. The van der Waals surface area contributed by atoms with Crippen molar-refractivity contribution in [3.63, 3.8) is 0 Å². The Morgan fingerprint density at radius 1 is 0.659 bits per heavy atom. The molecule has 2 heterocycles. The minimum Gasteiger partial charge on any atom is -0.368 e. The molecule has 6 rings (SSSR count). The lowest BCUT2D eigenvalue weighted by Gasteiger charge is -2.36. The predicted octanol–water partition coefficient (Wildman–Crippen LogP) is 4.89. The molecule has 2 N–H and O–H groups in total. The number of nitrogens with zero attached hydrogens (tertiary/aromatic N) is 3. The highest BCUT2D eigenvalue weighted by atomic mass is 16.2. The fraction of sp³-hybridized carbons (Fsp3) is 0.200. The molecular formula is C35H33N5O4. The van der Waals surface area contributed by atoms with Crippen molar-refractivity contribution in [3.05, 3.63) is 120 Å². The van der Waals surface area contributed by atoms with Gasteiger partial charge in [0.15, 0.2) is 0 Å². The molecule has 222 valence electrons. The molecule has 0 saturated carbocycles. The minimum absolute atomic E-state index is 0.0865. The lowest BCUT2D eigenvalue weighted by molar-refractivity contribution is -0.122. The highest BCUT2D eigenvalue weighted by molar-refractivity contribution is 6.09. The molecule has 0 aliphatic carbocycles. The van der Waals surface area contributed by atoms with Crippen LogP contribution in [0.3, 0.4) is 0 Å². The fourth-order valence-corrected chi connectivity index (χ4v) is 5.64. The van der Waals surface area contributed by atoms with Gasteiger partial charge < -0.3 is 25.3 Å². The number of carbonyl (C=O) groups is 4. The largest absolute Gasteiger partial charge is 0.368 e. The first-order valence-corrected chi connectivity index (χ1v) is 14.7. The Labute approximate surface area is 256 Å². The summed E-state index contributed by atoms with van der Waals surface area (Å²) >= 11 is 0. The summed E-state index contributed by atoms with van der Waals surface area (Å²) in [5.41, 5.74) is 3.71. The van der Waals surface area contributed by atoms with Gasteiger partial charge in [-0.05, 0) is 60.7 Å². The first-order valence-electron chi connectivity index (χ1n) is 14.7. The molecule has 0 aromatic heterocycles. The third kappa shape index (κ3) is 6.32. The van der Waals surface area contributed by atoms with E-state index < -0.39 is 5.92 Å².